The molecule has 0 fully saturated rings. The molecule has 1 amide bonds. The normalized spacial score (nSPS) is 9.59. The lowest BCUT2D eigenvalue weighted by atomic mass is 10.0. The Morgan fingerprint density at radius 3 is 2.59 bits per heavy atom. The zero-order chi connectivity index (χ0) is 13.0. The minimum Gasteiger partial charge on any atom is -0.496 e. The number of amides is 1. The highest BCUT2D eigenvalue weighted by molar-refractivity contribution is 5.90. The molecule has 0 spiro atoms. The first-order chi connectivity index (χ1) is 7.99. The highest BCUT2D eigenvalue weighted by Crippen LogP contribution is 2.23. The first-order valence-corrected chi connectivity index (χ1v) is 5.29. The van der Waals surface area contributed by atoms with Gasteiger partial charge in [-0.2, -0.15) is 5.26 Å². The number of hydrogen-bond acceptors (Lipinski definition) is 3. The number of methoxy groups -OCH3 is 1. The number of hydrogen-bond donors (Lipinski definition) is 0. The van der Waals surface area contributed by atoms with E-state index in [1.807, 2.05) is 26.0 Å². The van der Waals surface area contributed by atoms with Crippen molar-refractivity contribution in [1.82, 2.24) is 4.90 Å². The molecule has 1 rings (SSSR count). The highest BCUT2D eigenvalue weighted by Gasteiger charge is 2.11. The predicted octanol–water partition coefficient (Wildman–Crippen LogP) is 1.79. The third kappa shape index (κ3) is 2.97. The van der Waals surface area contributed by atoms with E-state index in [0.29, 0.717) is 6.54 Å². The van der Waals surface area contributed by atoms with E-state index >= 15 is 0 Å². The Bertz CT molecular complexity index is 475. The van der Waals surface area contributed by atoms with E-state index in [2.05, 4.69) is 0 Å². The number of carbonyl (C=O) groups is 1. The molecule has 17 heavy (non-hydrogen) atoms. The van der Waals surface area contributed by atoms with Crippen molar-refractivity contribution in [3.8, 4) is 11.8 Å². The molecule has 0 heterocycles. The molecule has 0 aliphatic carbocycles. The van der Waals surface area contributed by atoms with Gasteiger partial charge in [0.15, 0.2) is 6.07 Å². The quantitative estimate of drug-likeness (QED) is 0.747. The maximum atomic E-state index is 11.2. The van der Waals surface area contributed by atoms with E-state index in [1.165, 1.54) is 4.90 Å². The van der Waals surface area contributed by atoms with Crippen LogP contribution in [0.15, 0.2) is 12.1 Å². The number of rotatable bonds is 3. The second-order valence-electron chi connectivity index (χ2n) is 4.02. The maximum Gasteiger partial charge on any atom is 0.325 e. The number of nitriles is 1. The lowest BCUT2D eigenvalue weighted by Crippen LogP contribution is -2.24. The van der Waals surface area contributed by atoms with Gasteiger partial charge in [0.1, 0.15) is 5.75 Å². The van der Waals surface area contributed by atoms with Gasteiger partial charge < -0.3 is 9.64 Å². The van der Waals surface area contributed by atoms with Gasteiger partial charge in [-0.1, -0.05) is 6.07 Å². The molecule has 0 aromatic heterocycles. The van der Waals surface area contributed by atoms with Crippen LogP contribution in [0.3, 0.4) is 0 Å². The van der Waals surface area contributed by atoms with Crippen LogP contribution in [0.5, 0.6) is 5.75 Å². The molecule has 0 saturated carbocycles. The topological polar surface area (TPSA) is 53.3 Å². The molecule has 0 N–H and O–H groups in total. The Morgan fingerprint density at radius 1 is 1.41 bits per heavy atom. The summed E-state index contributed by atoms with van der Waals surface area (Å²) in [4.78, 5) is 12.6. The second kappa shape index (κ2) is 5.35. The molecule has 0 aliphatic rings. The Hall–Kier alpha value is -2.02. The predicted molar refractivity (Wildman–Crippen MR) is 64.6 cm³/mol. The minimum atomic E-state index is -0.530. The Morgan fingerprint density at radius 2 is 2.06 bits per heavy atom. The molecule has 90 valence electrons. The van der Waals surface area contributed by atoms with Crippen molar-refractivity contribution in [2.45, 2.75) is 20.4 Å². The van der Waals surface area contributed by atoms with Crippen molar-refractivity contribution in [3.63, 3.8) is 0 Å². The molecule has 1 aromatic carbocycles. The van der Waals surface area contributed by atoms with Crippen LogP contribution >= 0.6 is 0 Å². The van der Waals surface area contributed by atoms with Gasteiger partial charge in [-0.05, 0) is 36.6 Å². The van der Waals surface area contributed by atoms with Crippen molar-refractivity contribution < 1.29 is 9.53 Å². The first kappa shape index (κ1) is 13.0. The zero-order valence-corrected chi connectivity index (χ0v) is 10.6. The van der Waals surface area contributed by atoms with Crippen LogP contribution in [-0.4, -0.2) is 25.0 Å². The van der Waals surface area contributed by atoms with Gasteiger partial charge in [0, 0.05) is 13.6 Å². The number of aryl methyl sites for hydroxylation is 2. The molecular formula is C13H16N2O2. The van der Waals surface area contributed by atoms with E-state index < -0.39 is 5.91 Å². The van der Waals surface area contributed by atoms with E-state index in [1.54, 1.807) is 20.2 Å². The smallest absolute Gasteiger partial charge is 0.325 e. The van der Waals surface area contributed by atoms with Gasteiger partial charge >= 0.3 is 5.91 Å². The molecule has 0 bridgehead atoms. The highest BCUT2D eigenvalue weighted by atomic mass is 16.5. The molecule has 4 heteroatoms. The van der Waals surface area contributed by atoms with Crippen molar-refractivity contribution in [2.24, 2.45) is 0 Å². The van der Waals surface area contributed by atoms with E-state index in [-0.39, 0.29) is 0 Å². The van der Waals surface area contributed by atoms with E-state index in [0.717, 1.165) is 22.4 Å². The molecule has 4 nitrogen and oxygen atoms in total. The Kier molecular flexibility index (Phi) is 4.11. The summed E-state index contributed by atoms with van der Waals surface area (Å²) in [5.74, 6) is 0.304. The fourth-order valence-electron chi connectivity index (χ4n) is 1.65. The SMILES string of the molecule is COc1cc(C)c(CN(C)C(=O)C#N)cc1C. The first-order valence-electron chi connectivity index (χ1n) is 5.29. The van der Waals surface area contributed by atoms with Crippen molar-refractivity contribution in [2.75, 3.05) is 14.2 Å². The Balaban J connectivity index is 2.97. The molecule has 1 aromatic rings. The summed E-state index contributed by atoms with van der Waals surface area (Å²) in [6.45, 7) is 4.35. The maximum absolute atomic E-state index is 11.2. The summed E-state index contributed by atoms with van der Waals surface area (Å²) in [6.07, 6.45) is 0. The van der Waals surface area contributed by atoms with Crippen LogP contribution in [0.25, 0.3) is 0 Å². The van der Waals surface area contributed by atoms with E-state index in [9.17, 15) is 4.79 Å². The number of carbonyl (C=O) groups excluding carboxylic acids is 1. The summed E-state index contributed by atoms with van der Waals surface area (Å²) in [6, 6.07) is 5.53. The molecule has 0 atom stereocenters. The van der Waals surface area contributed by atoms with Gasteiger partial charge in [-0.25, -0.2) is 0 Å². The number of nitrogens with zero attached hydrogens (tertiary/aromatic N) is 2. The average molecular weight is 232 g/mol. The third-order valence-corrected chi connectivity index (χ3v) is 2.70. The second-order valence-corrected chi connectivity index (χ2v) is 4.02. The standard InChI is InChI=1S/C13H16N2O2/c1-9-6-12(17-4)10(2)5-11(9)8-15(3)13(16)7-14/h5-6H,8H2,1-4H3. The van der Waals surface area contributed by atoms with Gasteiger partial charge in [0.2, 0.25) is 0 Å². The van der Waals surface area contributed by atoms with Gasteiger partial charge in [-0.3, -0.25) is 4.79 Å². The molecule has 0 radical (unpaired) electrons. The third-order valence-electron chi connectivity index (χ3n) is 2.70. The summed E-state index contributed by atoms with van der Waals surface area (Å²) in [5, 5.41) is 8.53. The summed E-state index contributed by atoms with van der Waals surface area (Å²) >= 11 is 0. The van der Waals surface area contributed by atoms with Crippen LogP contribution in [0, 0.1) is 25.2 Å². The van der Waals surface area contributed by atoms with Crippen LogP contribution in [0.2, 0.25) is 0 Å². The van der Waals surface area contributed by atoms with Gasteiger partial charge in [-0.15, -0.1) is 0 Å². The number of benzene rings is 1. The van der Waals surface area contributed by atoms with Crippen LogP contribution in [-0.2, 0) is 11.3 Å². The van der Waals surface area contributed by atoms with Crippen LogP contribution in [0.1, 0.15) is 16.7 Å². The lowest BCUT2D eigenvalue weighted by molar-refractivity contribution is -0.124. The van der Waals surface area contributed by atoms with Crippen LogP contribution in [0.4, 0.5) is 0 Å². The average Bonchev–Trinajstić information content (AvgIpc) is 2.32. The molecule has 0 saturated heterocycles. The molecular weight excluding hydrogens is 216 g/mol. The van der Waals surface area contributed by atoms with Crippen LogP contribution < -0.4 is 4.74 Å². The lowest BCUT2D eigenvalue weighted by Gasteiger charge is -2.16. The fourth-order valence-corrected chi connectivity index (χ4v) is 1.65. The summed E-state index contributed by atoms with van der Waals surface area (Å²) < 4.78 is 5.22. The Labute approximate surface area is 101 Å². The fraction of sp³-hybridized carbons (Fsp3) is 0.385. The largest absolute Gasteiger partial charge is 0.496 e. The summed E-state index contributed by atoms with van der Waals surface area (Å²) in [5.41, 5.74) is 3.09. The molecule has 0 aliphatic heterocycles. The van der Waals surface area contributed by atoms with Gasteiger partial charge in [0.05, 0.1) is 7.11 Å². The number of ether oxygens (including phenoxy) is 1. The van der Waals surface area contributed by atoms with Crippen molar-refractivity contribution >= 4 is 5.91 Å². The van der Waals surface area contributed by atoms with E-state index in [4.69, 9.17) is 10.00 Å². The zero-order valence-electron chi connectivity index (χ0n) is 10.6. The minimum absolute atomic E-state index is 0.434. The van der Waals surface area contributed by atoms with Crippen molar-refractivity contribution in [3.05, 3.63) is 28.8 Å². The van der Waals surface area contributed by atoms with Crippen molar-refractivity contribution in [1.29, 1.82) is 5.26 Å². The monoisotopic (exact) mass is 232 g/mol. The van der Waals surface area contributed by atoms with Gasteiger partial charge in [0.25, 0.3) is 0 Å². The molecule has 0 unspecified atom stereocenters. The summed E-state index contributed by atoms with van der Waals surface area (Å²) in [7, 11) is 3.25.